The largest absolute Gasteiger partial charge is 0.496 e. The summed E-state index contributed by atoms with van der Waals surface area (Å²) in [6.45, 7) is 2.69. The molecule has 0 saturated carbocycles. The number of fused-ring (bicyclic) bond motifs is 1. The van der Waals surface area contributed by atoms with Crippen molar-refractivity contribution in [3.8, 4) is 17.2 Å². The predicted molar refractivity (Wildman–Crippen MR) is 64.5 cm³/mol. The molecule has 1 N–H and O–H groups in total. The Labute approximate surface area is 105 Å². The molecule has 0 saturated heterocycles. The number of hydrogen-bond donors (Lipinski definition) is 1. The fourth-order valence-electron chi connectivity index (χ4n) is 1.88. The molecule has 5 nitrogen and oxygen atoms in total. The minimum Gasteiger partial charge on any atom is -0.496 e. The molecule has 1 aliphatic rings. The van der Waals surface area contributed by atoms with Crippen LogP contribution in [0.2, 0.25) is 0 Å². The zero-order valence-electron chi connectivity index (χ0n) is 10.4. The van der Waals surface area contributed by atoms with Gasteiger partial charge in [-0.25, -0.2) is 0 Å². The fraction of sp³-hybridized carbons (Fsp3) is 0.462. The molecule has 1 aromatic carbocycles. The molecule has 1 aliphatic heterocycles. The van der Waals surface area contributed by atoms with E-state index in [9.17, 15) is 4.79 Å². The maximum absolute atomic E-state index is 10.9. The number of methoxy groups -OCH3 is 1. The summed E-state index contributed by atoms with van der Waals surface area (Å²) in [7, 11) is 1.56. The Morgan fingerprint density at radius 2 is 2.00 bits per heavy atom. The summed E-state index contributed by atoms with van der Waals surface area (Å²) in [5.74, 6) is 0.625. The van der Waals surface area contributed by atoms with E-state index in [1.165, 1.54) is 0 Å². The average Bonchev–Trinajstić information content (AvgIpc) is 2.37. The Morgan fingerprint density at radius 3 is 2.56 bits per heavy atom. The van der Waals surface area contributed by atoms with E-state index in [2.05, 4.69) is 0 Å². The number of hydrogen-bond acceptors (Lipinski definition) is 4. The molecule has 18 heavy (non-hydrogen) atoms. The second-order valence-electron chi connectivity index (χ2n) is 4.25. The van der Waals surface area contributed by atoms with Crippen molar-refractivity contribution in [1.82, 2.24) is 0 Å². The number of carboxylic acids is 1. The van der Waals surface area contributed by atoms with E-state index in [1.807, 2.05) is 0 Å². The number of benzene rings is 1. The van der Waals surface area contributed by atoms with Gasteiger partial charge in [0.25, 0.3) is 0 Å². The summed E-state index contributed by atoms with van der Waals surface area (Å²) in [6, 6.07) is 3.55. The zero-order chi connectivity index (χ0) is 13.1. The minimum absolute atomic E-state index is 0.398. The molecule has 0 amide bonds. The number of aliphatic carboxylic acids is 1. The van der Waals surface area contributed by atoms with Crippen molar-refractivity contribution in [3.05, 3.63) is 17.7 Å². The SMILES string of the molecule is COc1cc2c(cc1CC(C)C(=O)O)OCCO2. The third-order valence-electron chi connectivity index (χ3n) is 2.89. The first-order valence-electron chi connectivity index (χ1n) is 5.81. The molecule has 1 unspecified atom stereocenters. The van der Waals surface area contributed by atoms with Gasteiger partial charge >= 0.3 is 5.97 Å². The molecule has 0 spiro atoms. The average molecular weight is 252 g/mol. The molecule has 0 aromatic heterocycles. The van der Waals surface area contributed by atoms with E-state index in [0.29, 0.717) is 36.9 Å². The van der Waals surface area contributed by atoms with Crippen LogP contribution in [0.4, 0.5) is 0 Å². The normalized spacial score (nSPS) is 15.0. The van der Waals surface area contributed by atoms with Crippen LogP contribution in [0.1, 0.15) is 12.5 Å². The van der Waals surface area contributed by atoms with Crippen LogP contribution in [0.3, 0.4) is 0 Å². The molecule has 0 radical (unpaired) electrons. The first-order chi connectivity index (χ1) is 8.61. The van der Waals surface area contributed by atoms with Crippen molar-refractivity contribution in [1.29, 1.82) is 0 Å². The van der Waals surface area contributed by atoms with E-state index in [4.69, 9.17) is 19.3 Å². The maximum atomic E-state index is 10.9. The number of carboxylic acid groups (broad SMARTS) is 1. The maximum Gasteiger partial charge on any atom is 0.306 e. The Bertz CT molecular complexity index is 455. The monoisotopic (exact) mass is 252 g/mol. The first-order valence-corrected chi connectivity index (χ1v) is 5.81. The molecule has 0 fully saturated rings. The molecule has 5 heteroatoms. The molecule has 0 bridgehead atoms. The van der Waals surface area contributed by atoms with E-state index >= 15 is 0 Å². The number of ether oxygens (including phenoxy) is 3. The lowest BCUT2D eigenvalue weighted by molar-refractivity contribution is -0.141. The van der Waals surface area contributed by atoms with Crippen LogP contribution < -0.4 is 14.2 Å². The Hall–Kier alpha value is -1.91. The van der Waals surface area contributed by atoms with Crippen molar-refractivity contribution in [2.24, 2.45) is 5.92 Å². The topological polar surface area (TPSA) is 65.0 Å². The molecule has 0 aliphatic carbocycles. The molecular formula is C13H16O5. The molecule has 1 heterocycles. The lowest BCUT2D eigenvalue weighted by Crippen LogP contribution is -2.17. The van der Waals surface area contributed by atoms with Crippen LogP contribution in [-0.4, -0.2) is 31.4 Å². The van der Waals surface area contributed by atoms with E-state index in [1.54, 1.807) is 26.2 Å². The second-order valence-corrected chi connectivity index (χ2v) is 4.25. The van der Waals surface area contributed by atoms with Crippen LogP contribution in [0, 0.1) is 5.92 Å². The van der Waals surface area contributed by atoms with Gasteiger partial charge in [-0.2, -0.15) is 0 Å². The van der Waals surface area contributed by atoms with Crippen LogP contribution in [0.25, 0.3) is 0 Å². The molecule has 1 aromatic rings. The van der Waals surface area contributed by atoms with Gasteiger partial charge in [0.15, 0.2) is 11.5 Å². The van der Waals surface area contributed by atoms with Crippen molar-refractivity contribution < 1.29 is 24.1 Å². The van der Waals surface area contributed by atoms with Gasteiger partial charge < -0.3 is 19.3 Å². The van der Waals surface area contributed by atoms with Crippen molar-refractivity contribution in [3.63, 3.8) is 0 Å². The van der Waals surface area contributed by atoms with Crippen LogP contribution in [-0.2, 0) is 11.2 Å². The van der Waals surface area contributed by atoms with Gasteiger partial charge in [0.05, 0.1) is 13.0 Å². The van der Waals surface area contributed by atoms with Gasteiger partial charge in [-0.1, -0.05) is 6.92 Å². The first kappa shape index (κ1) is 12.5. The van der Waals surface area contributed by atoms with Gasteiger partial charge in [0.1, 0.15) is 19.0 Å². The minimum atomic E-state index is -0.827. The van der Waals surface area contributed by atoms with Gasteiger partial charge in [0, 0.05) is 6.07 Å². The Morgan fingerprint density at radius 1 is 1.39 bits per heavy atom. The highest BCUT2D eigenvalue weighted by Gasteiger charge is 2.19. The molecular weight excluding hydrogens is 236 g/mol. The van der Waals surface area contributed by atoms with Gasteiger partial charge in [0.2, 0.25) is 0 Å². The van der Waals surface area contributed by atoms with Crippen LogP contribution in [0.15, 0.2) is 12.1 Å². The summed E-state index contributed by atoms with van der Waals surface area (Å²) >= 11 is 0. The summed E-state index contributed by atoms with van der Waals surface area (Å²) < 4.78 is 16.2. The predicted octanol–water partition coefficient (Wildman–Crippen LogP) is 1.73. The molecule has 2 rings (SSSR count). The lowest BCUT2D eigenvalue weighted by Gasteiger charge is -2.21. The smallest absolute Gasteiger partial charge is 0.306 e. The summed E-state index contributed by atoms with van der Waals surface area (Å²) in [5.41, 5.74) is 0.816. The van der Waals surface area contributed by atoms with E-state index < -0.39 is 11.9 Å². The highest BCUT2D eigenvalue weighted by Crippen LogP contribution is 2.37. The standard InChI is InChI=1S/C13H16O5/c1-8(13(14)15)5-9-6-11-12(7-10(9)16-2)18-4-3-17-11/h6-8H,3-5H2,1-2H3,(H,14,15). The fourth-order valence-corrected chi connectivity index (χ4v) is 1.88. The van der Waals surface area contributed by atoms with Gasteiger partial charge in [-0.05, 0) is 18.1 Å². The van der Waals surface area contributed by atoms with Crippen LogP contribution >= 0.6 is 0 Å². The van der Waals surface area contributed by atoms with E-state index in [0.717, 1.165) is 5.56 Å². The second kappa shape index (κ2) is 5.16. The van der Waals surface area contributed by atoms with Crippen molar-refractivity contribution >= 4 is 5.97 Å². The summed E-state index contributed by atoms with van der Waals surface area (Å²) in [5, 5.41) is 8.95. The van der Waals surface area contributed by atoms with Crippen LogP contribution in [0.5, 0.6) is 17.2 Å². The highest BCUT2D eigenvalue weighted by atomic mass is 16.6. The third kappa shape index (κ3) is 2.50. The summed E-state index contributed by atoms with van der Waals surface area (Å²) in [6.07, 6.45) is 0.398. The van der Waals surface area contributed by atoms with Gasteiger partial charge in [-0.3, -0.25) is 4.79 Å². The Kier molecular flexibility index (Phi) is 3.60. The summed E-state index contributed by atoms with van der Waals surface area (Å²) in [4.78, 5) is 10.9. The number of carbonyl (C=O) groups is 1. The third-order valence-corrected chi connectivity index (χ3v) is 2.89. The zero-order valence-corrected chi connectivity index (χ0v) is 10.4. The number of rotatable bonds is 4. The quantitative estimate of drug-likeness (QED) is 0.884. The highest BCUT2D eigenvalue weighted by molar-refractivity contribution is 5.70. The van der Waals surface area contributed by atoms with Crippen molar-refractivity contribution in [2.75, 3.05) is 20.3 Å². The molecule has 98 valence electrons. The van der Waals surface area contributed by atoms with Crippen molar-refractivity contribution in [2.45, 2.75) is 13.3 Å². The Balaban J connectivity index is 2.30. The van der Waals surface area contributed by atoms with Gasteiger partial charge in [-0.15, -0.1) is 0 Å². The lowest BCUT2D eigenvalue weighted by atomic mass is 10.00. The molecule has 1 atom stereocenters. The van der Waals surface area contributed by atoms with E-state index in [-0.39, 0.29) is 0 Å².